The molecule has 26 heavy (non-hydrogen) atoms. The van der Waals surface area contributed by atoms with Crippen LogP contribution >= 0.6 is 0 Å². The number of anilines is 1. The van der Waals surface area contributed by atoms with Gasteiger partial charge in [0.1, 0.15) is 17.9 Å². The first-order valence-electron chi connectivity index (χ1n) is 8.63. The number of aldehydes is 1. The van der Waals surface area contributed by atoms with Gasteiger partial charge in [0.05, 0.1) is 11.2 Å². The number of nitrogens with zero attached hydrogens (tertiary/aromatic N) is 2. The molecule has 0 bridgehead atoms. The maximum absolute atomic E-state index is 14.3. The quantitative estimate of drug-likeness (QED) is 0.686. The predicted molar refractivity (Wildman–Crippen MR) is 98.4 cm³/mol. The van der Waals surface area contributed by atoms with Crippen molar-refractivity contribution in [1.82, 2.24) is 10.2 Å². The van der Waals surface area contributed by atoms with E-state index in [-0.39, 0.29) is 5.82 Å². The molecule has 1 aliphatic carbocycles. The lowest BCUT2D eigenvalue weighted by Gasteiger charge is -2.43. The number of hydrogen-bond donors (Lipinski definition) is 1. The maximum atomic E-state index is 14.3. The van der Waals surface area contributed by atoms with Crippen molar-refractivity contribution in [2.45, 2.75) is 24.8 Å². The lowest BCUT2D eigenvalue weighted by atomic mass is 9.71. The van der Waals surface area contributed by atoms with E-state index in [1.165, 1.54) is 6.07 Å². The minimum absolute atomic E-state index is 0.199. The molecule has 0 atom stereocenters. The second kappa shape index (κ2) is 6.67. The van der Waals surface area contributed by atoms with Crippen LogP contribution in [0.1, 0.15) is 35.2 Å². The van der Waals surface area contributed by atoms with Crippen LogP contribution in [0.5, 0.6) is 0 Å². The molecule has 4 nitrogen and oxygen atoms in total. The van der Waals surface area contributed by atoms with Crippen LogP contribution in [-0.2, 0) is 5.54 Å². The Morgan fingerprint density at radius 3 is 2.50 bits per heavy atom. The third kappa shape index (κ3) is 2.96. The number of carbonyl (C=O) groups is 1. The number of halogens is 1. The van der Waals surface area contributed by atoms with Gasteiger partial charge in [-0.25, -0.2) is 4.39 Å². The van der Waals surface area contributed by atoms with Crippen LogP contribution in [0.3, 0.4) is 0 Å². The van der Waals surface area contributed by atoms with Gasteiger partial charge in [-0.3, -0.25) is 4.79 Å². The van der Waals surface area contributed by atoms with Crippen molar-refractivity contribution < 1.29 is 9.18 Å². The van der Waals surface area contributed by atoms with E-state index in [0.29, 0.717) is 22.6 Å². The lowest BCUT2D eigenvalue weighted by molar-refractivity contribution is 0.112. The first-order valence-corrected chi connectivity index (χ1v) is 8.63. The fourth-order valence-corrected chi connectivity index (χ4v) is 3.41. The summed E-state index contributed by atoms with van der Waals surface area (Å²) in [6.07, 6.45) is 3.57. The van der Waals surface area contributed by atoms with E-state index < -0.39 is 5.54 Å². The number of hydrogen-bond acceptors (Lipinski definition) is 4. The van der Waals surface area contributed by atoms with Gasteiger partial charge in [-0.1, -0.05) is 36.4 Å². The van der Waals surface area contributed by atoms with Crippen molar-refractivity contribution in [2.75, 3.05) is 5.32 Å². The van der Waals surface area contributed by atoms with E-state index in [9.17, 15) is 9.18 Å². The van der Waals surface area contributed by atoms with Crippen molar-refractivity contribution in [3.63, 3.8) is 0 Å². The number of aromatic nitrogens is 2. The molecule has 0 unspecified atom stereocenters. The minimum atomic E-state index is -0.418. The van der Waals surface area contributed by atoms with Crippen molar-refractivity contribution in [1.29, 1.82) is 0 Å². The first kappa shape index (κ1) is 16.4. The summed E-state index contributed by atoms with van der Waals surface area (Å²) in [6, 6.07) is 17.8. The Kier molecular flexibility index (Phi) is 4.21. The predicted octanol–water partition coefficient (Wildman–Crippen LogP) is 4.59. The molecule has 5 heteroatoms. The monoisotopic (exact) mass is 347 g/mol. The molecule has 1 N–H and O–H groups in total. The molecule has 0 amide bonds. The summed E-state index contributed by atoms with van der Waals surface area (Å²) in [5.74, 6) is 0.415. The topological polar surface area (TPSA) is 54.9 Å². The van der Waals surface area contributed by atoms with Gasteiger partial charge in [0.25, 0.3) is 0 Å². The van der Waals surface area contributed by atoms with Crippen LogP contribution < -0.4 is 5.32 Å². The lowest BCUT2D eigenvalue weighted by Crippen LogP contribution is -2.43. The zero-order valence-electron chi connectivity index (χ0n) is 14.2. The van der Waals surface area contributed by atoms with E-state index in [1.807, 2.05) is 36.4 Å². The van der Waals surface area contributed by atoms with Crippen LogP contribution in [0.25, 0.3) is 11.3 Å². The summed E-state index contributed by atoms with van der Waals surface area (Å²) < 4.78 is 14.3. The van der Waals surface area contributed by atoms with E-state index in [0.717, 1.165) is 31.1 Å². The fourth-order valence-electron chi connectivity index (χ4n) is 3.41. The average Bonchev–Trinajstić information content (AvgIpc) is 2.66. The van der Waals surface area contributed by atoms with Crippen LogP contribution in [0, 0.1) is 5.82 Å². The molecule has 3 aromatic rings. The summed E-state index contributed by atoms with van der Waals surface area (Å²) in [5.41, 5.74) is 2.38. The van der Waals surface area contributed by atoms with Gasteiger partial charge in [-0.15, -0.1) is 10.2 Å². The Morgan fingerprint density at radius 2 is 1.85 bits per heavy atom. The molecule has 0 spiro atoms. The minimum Gasteiger partial charge on any atom is -0.359 e. The van der Waals surface area contributed by atoms with E-state index >= 15 is 0 Å². The Labute approximate surface area is 151 Å². The Hall–Kier alpha value is -3.08. The van der Waals surface area contributed by atoms with Crippen LogP contribution in [-0.4, -0.2) is 16.5 Å². The van der Waals surface area contributed by atoms with Crippen LogP contribution in [0.2, 0.25) is 0 Å². The van der Waals surface area contributed by atoms with Crippen LogP contribution in [0.4, 0.5) is 10.2 Å². The summed E-state index contributed by atoms with van der Waals surface area (Å²) in [7, 11) is 0. The van der Waals surface area contributed by atoms with E-state index in [2.05, 4.69) is 15.5 Å². The summed E-state index contributed by atoms with van der Waals surface area (Å²) in [4.78, 5) is 10.9. The highest BCUT2D eigenvalue weighted by Crippen LogP contribution is 2.44. The summed E-state index contributed by atoms with van der Waals surface area (Å²) >= 11 is 0. The molecule has 4 rings (SSSR count). The van der Waals surface area contributed by atoms with E-state index in [1.54, 1.807) is 18.2 Å². The smallest absolute Gasteiger partial charge is 0.150 e. The van der Waals surface area contributed by atoms with Gasteiger partial charge >= 0.3 is 0 Å². The standard InChI is InChI=1S/C21H18FN3O/c22-18-8-2-1-7-17(18)21(11-4-12-21)23-20-10-9-19(24-25-20)16-6-3-5-15(13-16)14-26/h1-3,5-10,13-14H,4,11-12H2,(H,23,25). The average molecular weight is 347 g/mol. The Balaban J connectivity index is 1.59. The molecule has 1 saturated carbocycles. The number of nitrogens with one attached hydrogen (secondary N) is 1. The highest BCUT2D eigenvalue weighted by atomic mass is 19.1. The molecule has 1 aliphatic rings. The van der Waals surface area contributed by atoms with Gasteiger partial charge in [0.15, 0.2) is 0 Å². The molecule has 2 aromatic carbocycles. The normalized spacial score (nSPS) is 15.1. The highest BCUT2D eigenvalue weighted by molar-refractivity contribution is 5.78. The molecular weight excluding hydrogens is 329 g/mol. The molecule has 1 heterocycles. The number of rotatable bonds is 5. The zero-order valence-corrected chi connectivity index (χ0v) is 14.2. The highest BCUT2D eigenvalue weighted by Gasteiger charge is 2.40. The number of benzene rings is 2. The largest absolute Gasteiger partial charge is 0.359 e. The summed E-state index contributed by atoms with van der Waals surface area (Å²) in [6.45, 7) is 0. The van der Waals surface area contributed by atoms with Crippen molar-refractivity contribution >= 4 is 12.1 Å². The van der Waals surface area contributed by atoms with Crippen LogP contribution in [0.15, 0.2) is 60.7 Å². The Bertz CT molecular complexity index is 936. The SMILES string of the molecule is O=Cc1cccc(-c2ccc(NC3(c4ccccc4F)CCC3)nn2)c1. The molecule has 0 radical (unpaired) electrons. The number of carbonyl (C=O) groups excluding carboxylic acids is 1. The molecule has 0 aliphatic heterocycles. The maximum Gasteiger partial charge on any atom is 0.150 e. The third-order valence-electron chi connectivity index (χ3n) is 4.95. The van der Waals surface area contributed by atoms with Gasteiger partial charge in [0, 0.05) is 16.7 Å². The molecule has 130 valence electrons. The van der Waals surface area contributed by atoms with E-state index in [4.69, 9.17) is 0 Å². The van der Waals surface area contributed by atoms with Gasteiger partial charge in [0.2, 0.25) is 0 Å². The molecular formula is C21H18FN3O. The van der Waals surface area contributed by atoms with Gasteiger partial charge < -0.3 is 5.32 Å². The fraction of sp³-hybridized carbons (Fsp3) is 0.190. The zero-order chi connectivity index (χ0) is 18.0. The Morgan fingerprint density at radius 1 is 1.00 bits per heavy atom. The summed E-state index contributed by atoms with van der Waals surface area (Å²) in [5, 5.41) is 11.9. The molecule has 1 fully saturated rings. The van der Waals surface area contributed by atoms with Crippen molar-refractivity contribution in [2.24, 2.45) is 0 Å². The second-order valence-electron chi connectivity index (χ2n) is 6.59. The van der Waals surface area contributed by atoms with Gasteiger partial charge in [-0.2, -0.15) is 0 Å². The van der Waals surface area contributed by atoms with Gasteiger partial charge in [-0.05, 0) is 43.5 Å². The first-order chi connectivity index (χ1) is 12.7. The molecule has 0 saturated heterocycles. The molecule has 1 aromatic heterocycles. The van der Waals surface area contributed by atoms with Crippen molar-refractivity contribution in [3.05, 3.63) is 77.6 Å². The second-order valence-corrected chi connectivity index (χ2v) is 6.59. The third-order valence-corrected chi connectivity index (χ3v) is 4.95. The van der Waals surface area contributed by atoms with Crippen molar-refractivity contribution in [3.8, 4) is 11.3 Å².